The summed E-state index contributed by atoms with van der Waals surface area (Å²) < 4.78 is 0. The Labute approximate surface area is 298 Å². The van der Waals surface area contributed by atoms with Gasteiger partial charge in [-0.05, 0) is 80.5 Å². The maximum Gasteiger partial charge on any atom is 0.160 e. The van der Waals surface area contributed by atoms with Gasteiger partial charge in [-0.2, -0.15) is 0 Å². The van der Waals surface area contributed by atoms with E-state index in [9.17, 15) is 9.59 Å². The molecular formula is C46H80O2. The predicted octanol–water partition coefficient (Wildman–Crippen LogP) is 14.3. The maximum absolute atomic E-state index is 14.9. The van der Waals surface area contributed by atoms with Crippen molar-refractivity contribution in [2.75, 3.05) is 0 Å². The summed E-state index contributed by atoms with van der Waals surface area (Å²) in [7, 11) is 0. The number of ketones is 2. The van der Waals surface area contributed by atoms with Crippen LogP contribution in [0.15, 0.2) is 0 Å². The van der Waals surface area contributed by atoms with Crippen molar-refractivity contribution in [2.24, 2.45) is 39.9 Å². The van der Waals surface area contributed by atoms with Crippen LogP contribution in [0.2, 0.25) is 0 Å². The van der Waals surface area contributed by atoms with E-state index >= 15 is 0 Å². The molecule has 0 bridgehead atoms. The van der Waals surface area contributed by atoms with Gasteiger partial charge >= 0.3 is 0 Å². The van der Waals surface area contributed by atoms with E-state index in [2.05, 4.69) is 13.8 Å². The minimum atomic E-state index is -0.604. The van der Waals surface area contributed by atoms with Crippen LogP contribution >= 0.6 is 0 Å². The molecule has 0 N–H and O–H groups in total. The number of hydrogen-bond acceptors (Lipinski definition) is 2. The molecule has 0 saturated heterocycles. The third kappa shape index (κ3) is 8.35. The van der Waals surface area contributed by atoms with Gasteiger partial charge in [-0.1, -0.05) is 187 Å². The van der Waals surface area contributed by atoms with Gasteiger partial charge in [-0.25, -0.2) is 0 Å². The molecule has 0 unspecified atom stereocenters. The van der Waals surface area contributed by atoms with Gasteiger partial charge in [0.05, 0.1) is 10.8 Å². The Morgan fingerprint density at radius 1 is 0.438 bits per heavy atom. The van der Waals surface area contributed by atoms with Crippen LogP contribution in [0.1, 0.15) is 239 Å². The molecule has 0 heterocycles. The fraction of sp³-hybridized carbons (Fsp3) is 0.957. The minimum absolute atomic E-state index is 0.0188. The monoisotopic (exact) mass is 665 g/mol. The first-order valence-corrected chi connectivity index (χ1v) is 22.6. The molecule has 5 rings (SSSR count). The minimum Gasteiger partial charge on any atom is -0.297 e. The zero-order valence-corrected chi connectivity index (χ0v) is 32.4. The summed E-state index contributed by atoms with van der Waals surface area (Å²) in [4.78, 5) is 29.8. The smallest absolute Gasteiger partial charge is 0.160 e. The quantitative estimate of drug-likeness (QED) is 0.0958. The molecule has 2 spiro atoms. The van der Waals surface area contributed by atoms with E-state index in [1.54, 1.807) is 0 Å². The summed E-state index contributed by atoms with van der Waals surface area (Å²) in [5.41, 5.74) is -1.19. The van der Waals surface area contributed by atoms with E-state index in [0.29, 0.717) is 23.4 Å². The van der Waals surface area contributed by atoms with Crippen molar-refractivity contribution in [3.63, 3.8) is 0 Å². The Kier molecular flexibility index (Phi) is 15.5. The van der Waals surface area contributed by atoms with Gasteiger partial charge in [-0.3, -0.25) is 9.59 Å². The standard InChI is InChI=1S/C46H80O2/c1-3-5-7-9-11-13-15-18-24-38-26-30-40(31-27-38)45(41-32-28-39(29-33-41)25-19-16-14-12-10-8-6-4-2)36-22-23-37-46(45)42(47)44(43(46)48)34-20-17-21-35-44/h38-41H,3-37H2,1-2H3/t38-,39-,40-,41-. The number of hydrogen-bond donors (Lipinski definition) is 0. The molecule has 2 nitrogen and oxygen atoms in total. The van der Waals surface area contributed by atoms with Crippen molar-refractivity contribution < 1.29 is 9.59 Å². The second-order valence-electron chi connectivity index (χ2n) is 18.4. The lowest BCUT2D eigenvalue weighted by molar-refractivity contribution is -0.209. The van der Waals surface area contributed by atoms with Crippen molar-refractivity contribution in [1.29, 1.82) is 0 Å². The molecule has 0 aromatic rings. The predicted molar refractivity (Wildman–Crippen MR) is 204 cm³/mol. The summed E-state index contributed by atoms with van der Waals surface area (Å²) in [6.07, 6.45) is 45.7. The average molecular weight is 665 g/mol. The average Bonchev–Trinajstić information content (AvgIpc) is 3.14. The Bertz CT molecular complexity index is 883. The lowest BCUT2D eigenvalue weighted by Crippen LogP contribution is -2.76. The molecular weight excluding hydrogens is 585 g/mol. The SMILES string of the molecule is CCCCCCCCCC[C@H]1CC[C@H](C2([C@H]3CC[C@H](CCCCCCCCCC)CC3)CCCCC23C(=O)C2(CCCCC2)C3=O)CC1. The van der Waals surface area contributed by atoms with Crippen LogP contribution in [-0.2, 0) is 9.59 Å². The number of unbranched alkanes of at least 4 members (excludes halogenated alkanes) is 14. The van der Waals surface area contributed by atoms with E-state index in [1.165, 1.54) is 186 Å². The third-order valence-electron chi connectivity index (χ3n) is 15.6. The highest BCUT2D eigenvalue weighted by Gasteiger charge is 2.79. The number of rotatable bonds is 20. The Morgan fingerprint density at radius 2 is 0.812 bits per heavy atom. The van der Waals surface area contributed by atoms with E-state index < -0.39 is 10.8 Å². The van der Waals surface area contributed by atoms with Gasteiger partial charge in [0, 0.05) is 0 Å². The number of carbonyl (C=O) groups is 2. The summed E-state index contributed by atoms with van der Waals surface area (Å²) in [5, 5.41) is 0. The second kappa shape index (κ2) is 19.3. The lowest BCUT2D eigenvalue weighted by atomic mass is 9.31. The van der Waals surface area contributed by atoms with Crippen molar-refractivity contribution in [3.8, 4) is 0 Å². The zero-order chi connectivity index (χ0) is 33.7. The highest BCUT2D eigenvalue weighted by atomic mass is 16.2. The molecule has 5 saturated carbocycles. The fourth-order valence-electron chi connectivity index (χ4n) is 13.0. The van der Waals surface area contributed by atoms with Gasteiger partial charge in [-0.15, -0.1) is 0 Å². The molecule has 0 aromatic carbocycles. The highest BCUT2D eigenvalue weighted by molar-refractivity contribution is 6.31. The number of carbonyl (C=O) groups excluding carboxylic acids is 2. The summed E-state index contributed by atoms with van der Waals surface area (Å²) in [6.45, 7) is 4.62. The Morgan fingerprint density at radius 3 is 1.25 bits per heavy atom. The second-order valence-corrected chi connectivity index (χ2v) is 18.4. The van der Waals surface area contributed by atoms with Crippen molar-refractivity contribution in [2.45, 2.75) is 239 Å². The topological polar surface area (TPSA) is 34.1 Å². The van der Waals surface area contributed by atoms with Crippen molar-refractivity contribution >= 4 is 11.6 Å². The molecule has 0 aliphatic heterocycles. The summed E-state index contributed by atoms with van der Waals surface area (Å²) in [5.74, 6) is 3.96. The number of Topliss-reactive ketones (excluding diaryl/α,β-unsaturated/α-hetero) is 2. The first-order valence-electron chi connectivity index (χ1n) is 22.6. The van der Waals surface area contributed by atoms with Crippen LogP contribution in [0, 0.1) is 39.9 Å². The Hall–Kier alpha value is -0.660. The molecule has 0 radical (unpaired) electrons. The first kappa shape index (κ1) is 38.6. The molecule has 5 aliphatic carbocycles. The van der Waals surface area contributed by atoms with Gasteiger partial charge in [0.25, 0.3) is 0 Å². The third-order valence-corrected chi connectivity index (χ3v) is 15.6. The van der Waals surface area contributed by atoms with E-state index in [4.69, 9.17) is 0 Å². The van der Waals surface area contributed by atoms with Crippen LogP contribution < -0.4 is 0 Å². The summed E-state index contributed by atoms with van der Waals surface area (Å²) >= 11 is 0. The lowest BCUT2D eigenvalue weighted by Gasteiger charge is -2.69. The van der Waals surface area contributed by atoms with Crippen LogP contribution in [0.3, 0.4) is 0 Å². The van der Waals surface area contributed by atoms with Gasteiger partial charge in [0.15, 0.2) is 11.6 Å². The van der Waals surface area contributed by atoms with E-state index in [-0.39, 0.29) is 5.41 Å². The molecule has 5 fully saturated rings. The first-order chi connectivity index (χ1) is 23.5. The van der Waals surface area contributed by atoms with Gasteiger partial charge in [0.2, 0.25) is 0 Å². The van der Waals surface area contributed by atoms with Crippen LogP contribution in [0.4, 0.5) is 0 Å². The summed E-state index contributed by atoms with van der Waals surface area (Å²) in [6, 6.07) is 0. The van der Waals surface area contributed by atoms with Crippen LogP contribution in [-0.4, -0.2) is 11.6 Å². The molecule has 0 atom stereocenters. The zero-order valence-electron chi connectivity index (χ0n) is 32.4. The van der Waals surface area contributed by atoms with Crippen molar-refractivity contribution in [3.05, 3.63) is 0 Å². The largest absolute Gasteiger partial charge is 0.297 e. The van der Waals surface area contributed by atoms with Gasteiger partial charge in [0.1, 0.15) is 0 Å². The highest BCUT2D eigenvalue weighted by Crippen LogP contribution is 2.73. The van der Waals surface area contributed by atoms with Crippen LogP contribution in [0.5, 0.6) is 0 Å². The van der Waals surface area contributed by atoms with Crippen molar-refractivity contribution in [1.82, 2.24) is 0 Å². The molecule has 5 aliphatic rings. The maximum atomic E-state index is 14.9. The molecule has 0 amide bonds. The Balaban J connectivity index is 1.20. The molecule has 48 heavy (non-hydrogen) atoms. The fourth-order valence-corrected chi connectivity index (χ4v) is 13.0. The van der Waals surface area contributed by atoms with E-state index in [1.807, 2.05) is 0 Å². The normalized spacial score (nSPS) is 29.7. The van der Waals surface area contributed by atoms with E-state index in [0.717, 1.165) is 50.4 Å². The molecule has 2 heteroatoms. The molecule has 276 valence electrons. The van der Waals surface area contributed by atoms with Gasteiger partial charge < -0.3 is 0 Å². The molecule has 0 aromatic heterocycles. The van der Waals surface area contributed by atoms with Crippen LogP contribution in [0.25, 0.3) is 0 Å².